The van der Waals surface area contributed by atoms with Crippen LogP contribution < -0.4 is 5.32 Å². The van der Waals surface area contributed by atoms with Crippen LogP contribution in [0.15, 0.2) is 0 Å². The van der Waals surface area contributed by atoms with Crippen LogP contribution in [0.5, 0.6) is 0 Å². The van der Waals surface area contributed by atoms with E-state index in [0.29, 0.717) is 12.0 Å². The molecule has 1 unspecified atom stereocenters. The smallest absolute Gasteiger partial charge is 0.0212 e. The summed E-state index contributed by atoms with van der Waals surface area (Å²) in [6.07, 6.45) is 1.30. The molecule has 0 amide bonds. The van der Waals surface area contributed by atoms with Gasteiger partial charge in [0.1, 0.15) is 0 Å². The van der Waals surface area contributed by atoms with Crippen molar-refractivity contribution >= 4 is 0 Å². The van der Waals surface area contributed by atoms with E-state index in [1.165, 1.54) is 19.5 Å². The molecule has 0 spiro atoms. The van der Waals surface area contributed by atoms with E-state index < -0.39 is 0 Å². The highest BCUT2D eigenvalue weighted by Crippen LogP contribution is 2.18. The van der Waals surface area contributed by atoms with E-state index in [-0.39, 0.29) is 5.54 Å². The Morgan fingerprint density at radius 1 is 1.38 bits per heavy atom. The molecule has 13 heavy (non-hydrogen) atoms. The van der Waals surface area contributed by atoms with Crippen molar-refractivity contribution in [3.8, 4) is 0 Å². The normalized spacial score (nSPS) is 25.8. The van der Waals surface area contributed by atoms with Crippen LogP contribution in [-0.4, -0.2) is 36.6 Å². The second kappa shape index (κ2) is 3.97. The van der Waals surface area contributed by atoms with Crippen molar-refractivity contribution in [2.75, 3.05) is 20.1 Å². The molecule has 1 aliphatic rings. The Morgan fingerprint density at radius 3 is 2.38 bits per heavy atom. The molecule has 0 saturated carbocycles. The Morgan fingerprint density at radius 2 is 2.00 bits per heavy atom. The Bertz CT molecular complexity index is 163. The Labute approximate surface area is 82.7 Å². The summed E-state index contributed by atoms with van der Waals surface area (Å²) in [7, 11) is 2.20. The van der Waals surface area contributed by atoms with Crippen molar-refractivity contribution in [1.29, 1.82) is 0 Å². The van der Waals surface area contributed by atoms with Gasteiger partial charge < -0.3 is 10.2 Å². The van der Waals surface area contributed by atoms with Gasteiger partial charge in [0, 0.05) is 18.1 Å². The van der Waals surface area contributed by atoms with Gasteiger partial charge in [0.25, 0.3) is 0 Å². The second-order valence-electron chi connectivity index (χ2n) is 5.27. The molecule has 1 N–H and O–H groups in total. The number of rotatable bonds is 3. The van der Waals surface area contributed by atoms with Gasteiger partial charge in [-0.2, -0.15) is 0 Å². The van der Waals surface area contributed by atoms with E-state index in [1.807, 2.05) is 0 Å². The molecule has 0 aromatic heterocycles. The average molecular weight is 184 g/mol. The van der Waals surface area contributed by atoms with E-state index in [0.717, 1.165) is 0 Å². The highest BCUT2D eigenvalue weighted by molar-refractivity contribution is 4.89. The number of nitrogens with zero attached hydrogens (tertiary/aromatic N) is 1. The molecular formula is C11H24N2. The van der Waals surface area contributed by atoms with Crippen LogP contribution in [0.2, 0.25) is 0 Å². The summed E-state index contributed by atoms with van der Waals surface area (Å²) in [6, 6.07) is 0.697. The standard InChI is InChI=1S/C11H24N2/c1-9(2)11(3,4)12-10-6-7-13(5)8-10/h9-10,12H,6-8H2,1-5H3. The topological polar surface area (TPSA) is 15.3 Å². The van der Waals surface area contributed by atoms with Gasteiger partial charge in [-0.3, -0.25) is 0 Å². The van der Waals surface area contributed by atoms with Crippen LogP contribution in [0.3, 0.4) is 0 Å². The maximum absolute atomic E-state index is 3.74. The van der Waals surface area contributed by atoms with E-state index in [1.54, 1.807) is 0 Å². The lowest BCUT2D eigenvalue weighted by molar-refractivity contribution is 0.253. The minimum atomic E-state index is 0.274. The van der Waals surface area contributed by atoms with Crippen LogP contribution in [0.4, 0.5) is 0 Å². The number of nitrogens with one attached hydrogen (secondary N) is 1. The molecule has 0 aromatic carbocycles. The van der Waals surface area contributed by atoms with Gasteiger partial charge in [-0.05, 0) is 39.8 Å². The zero-order valence-electron chi connectivity index (χ0n) is 9.72. The maximum atomic E-state index is 3.74. The largest absolute Gasteiger partial charge is 0.307 e. The summed E-state index contributed by atoms with van der Waals surface area (Å²) in [6.45, 7) is 11.6. The molecule has 1 heterocycles. The monoisotopic (exact) mass is 184 g/mol. The van der Waals surface area contributed by atoms with Crippen molar-refractivity contribution in [3.05, 3.63) is 0 Å². The lowest BCUT2D eigenvalue weighted by atomic mass is 9.90. The SMILES string of the molecule is CC(C)C(C)(C)NC1CCN(C)C1. The Hall–Kier alpha value is -0.0800. The molecule has 0 aliphatic carbocycles. The van der Waals surface area contributed by atoms with Gasteiger partial charge in [0.2, 0.25) is 0 Å². The van der Waals surface area contributed by atoms with E-state index in [9.17, 15) is 0 Å². The summed E-state index contributed by atoms with van der Waals surface area (Å²) in [5, 5.41) is 3.74. The Kier molecular flexibility index (Phi) is 3.36. The molecule has 1 rings (SSSR count). The Balaban J connectivity index is 2.40. The number of hydrogen-bond acceptors (Lipinski definition) is 2. The molecule has 2 nitrogen and oxygen atoms in total. The first-order chi connectivity index (χ1) is 5.92. The fourth-order valence-electron chi connectivity index (χ4n) is 1.75. The van der Waals surface area contributed by atoms with Gasteiger partial charge in [0.15, 0.2) is 0 Å². The second-order valence-corrected chi connectivity index (χ2v) is 5.27. The summed E-state index contributed by atoms with van der Waals surface area (Å²) in [5.41, 5.74) is 0.274. The van der Waals surface area contributed by atoms with Crippen molar-refractivity contribution in [2.24, 2.45) is 5.92 Å². The summed E-state index contributed by atoms with van der Waals surface area (Å²) in [5.74, 6) is 0.693. The molecular weight excluding hydrogens is 160 g/mol. The molecule has 78 valence electrons. The molecule has 1 fully saturated rings. The van der Waals surface area contributed by atoms with Gasteiger partial charge >= 0.3 is 0 Å². The fourth-order valence-corrected chi connectivity index (χ4v) is 1.75. The number of likely N-dealkylation sites (N-methyl/N-ethyl adjacent to an activating group) is 1. The van der Waals surface area contributed by atoms with Crippen molar-refractivity contribution in [2.45, 2.75) is 45.7 Å². The quantitative estimate of drug-likeness (QED) is 0.718. The van der Waals surface area contributed by atoms with Gasteiger partial charge in [-0.25, -0.2) is 0 Å². The molecule has 1 aliphatic heterocycles. The summed E-state index contributed by atoms with van der Waals surface area (Å²) >= 11 is 0. The third-order valence-electron chi connectivity index (χ3n) is 3.41. The minimum absolute atomic E-state index is 0.274. The minimum Gasteiger partial charge on any atom is -0.307 e. The number of likely N-dealkylation sites (tertiary alicyclic amines) is 1. The maximum Gasteiger partial charge on any atom is 0.0212 e. The lowest BCUT2D eigenvalue weighted by Crippen LogP contribution is -2.50. The molecule has 0 radical (unpaired) electrons. The van der Waals surface area contributed by atoms with E-state index in [2.05, 4.69) is 45.0 Å². The highest BCUT2D eigenvalue weighted by atomic mass is 15.2. The van der Waals surface area contributed by atoms with Crippen molar-refractivity contribution in [3.63, 3.8) is 0 Å². The number of hydrogen-bond donors (Lipinski definition) is 1. The van der Waals surface area contributed by atoms with Crippen LogP contribution in [0, 0.1) is 5.92 Å². The molecule has 0 bridgehead atoms. The zero-order chi connectivity index (χ0) is 10.1. The molecule has 1 atom stereocenters. The summed E-state index contributed by atoms with van der Waals surface area (Å²) < 4.78 is 0. The molecule has 1 saturated heterocycles. The third kappa shape index (κ3) is 2.96. The highest BCUT2D eigenvalue weighted by Gasteiger charge is 2.28. The van der Waals surface area contributed by atoms with Crippen LogP contribution >= 0.6 is 0 Å². The molecule has 0 aromatic rings. The van der Waals surface area contributed by atoms with E-state index >= 15 is 0 Å². The van der Waals surface area contributed by atoms with Crippen LogP contribution in [0.25, 0.3) is 0 Å². The predicted molar refractivity (Wildman–Crippen MR) is 58.0 cm³/mol. The predicted octanol–water partition coefficient (Wildman–Crippen LogP) is 1.71. The van der Waals surface area contributed by atoms with E-state index in [4.69, 9.17) is 0 Å². The average Bonchev–Trinajstić information content (AvgIpc) is 2.34. The van der Waals surface area contributed by atoms with Gasteiger partial charge in [-0.1, -0.05) is 13.8 Å². The first-order valence-electron chi connectivity index (χ1n) is 5.38. The third-order valence-corrected chi connectivity index (χ3v) is 3.41. The van der Waals surface area contributed by atoms with Crippen LogP contribution in [0.1, 0.15) is 34.1 Å². The fraction of sp³-hybridized carbons (Fsp3) is 1.00. The van der Waals surface area contributed by atoms with Gasteiger partial charge in [-0.15, -0.1) is 0 Å². The van der Waals surface area contributed by atoms with Crippen LogP contribution in [-0.2, 0) is 0 Å². The van der Waals surface area contributed by atoms with Gasteiger partial charge in [0.05, 0.1) is 0 Å². The zero-order valence-corrected chi connectivity index (χ0v) is 9.72. The summed E-state index contributed by atoms with van der Waals surface area (Å²) in [4.78, 5) is 2.40. The molecule has 2 heteroatoms. The lowest BCUT2D eigenvalue weighted by Gasteiger charge is -2.34. The van der Waals surface area contributed by atoms with Crippen molar-refractivity contribution < 1.29 is 0 Å². The first kappa shape index (κ1) is 11.0. The van der Waals surface area contributed by atoms with Crippen molar-refractivity contribution in [1.82, 2.24) is 10.2 Å². The first-order valence-corrected chi connectivity index (χ1v) is 5.38.